The van der Waals surface area contributed by atoms with Crippen LogP contribution in [-0.4, -0.2) is 4.98 Å². The number of pyridine rings is 1. The van der Waals surface area contributed by atoms with Crippen LogP contribution in [0.3, 0.4) is 0 Å². The highest BCUT2D eigenvalue weighted by Gasteiger charge is 2.10. The third kappa shape index (κ3) is 29.6. The summed E-state index contributed by atoms with van der Waals surface area (Å²) in [6.07, 6.45) is 53.3. The third-order valence-corrected chi connectivity index (χ3v) is 9.96. The summed E-state index contributed by atoms with van der Waals surface area (Å²) in [5.41, 5.74) is 1.50. The quantitative estimate of drug-likeness (QED) is 0.0709. The minimum atomic E-state index is 0.871. The van der Waals surface area contributed by atoms with E-state index < -0.39 is 0 Å². The van der Waals surface area contributed by atoms with E-state index in [1.807, 2.05) is 12.4 Å². The van der Waals surface area contributed by atoms with Crippen LogP contribution in [0.15, 0.2) is 24.5 Å². The van der Waals surface area contributed by atoms with Crippen LogP contribution in [0, 0.1) is 5.92 Å². The smallest absolute Gasteiger partial charge is 0.0270 e. The summed E-state index contributed by atoms with van der Waals surface area (Å²) < 4.78 is 0. The van der Waals surface area contributed by atoms with Gasteiger partial charge >= 0.3 is 0 Å². The van der Waals surface area contributed by atoms with E-state index in [0.717, 1.165) is 5.92 Å². The van der Waals surface area contributed by atoms with Crippen LogP contribution in [0.1, 0.15) is 231 Å². The van der Waals surface area contributed by atoms with E-state index in [1.54, 1.807) is 0 Å². The molecule has 1 heteroatoms. The van der Waals surface area contributed by atoms with Crippen LogP contribution in [0.25, 0.3) is 0 Å². The van der Waals surface area contributed by atoms with Crippen LogP contribution < -0.4 is 0 Å². The van der Waals surface area contributed by atoms with Crippen molar-refractivity contribution >= 4 is 0 Å². The molecule has 0 aliphatic heterocycles. The molecule has 0 aliphatic rings. The Morgan fingerprint density at radius 2 is 0.628 bits per heavy atom. The van der Waals surface area contributed by atoms with Crippen molar-refractivity contribution in [2.45, 2.75) is 232 Å². The highest BCUT2D eigenvalue weighted by atomic mass is 14.6. The first kappa shape index (κ1) is 40.2. The monoisotopic (exact) mass is 598 g/mol. The van der Waals surface area contributed by atoms with Gasteiger partial charge in [-0.2, -0.15) is 0 Å². The lowest BCUT2D eigenvalue weighted by Crippen LogP contribution is -2.05. The van der Waals surface area contributed by atoms with Crippen molar-refractivity contribution in [2.24, 2.45) is 5.92 Å². The van der Waals surface area contributed by atoms with E-state index in [9.17, 15) is 0 Å². The first-order chi connectivity index (χ1) is 21.4. The Morgan fingerprint density at radius 3 is 0.907 bits per heavy atom. The first-order valence-corrected chi connectivity index (χ1v) is 20.3. The SMILES string of the molecule is CCCCCCCCCCCCCCCCCCCC(CCCCCCCCCCCCCCCC)Cc1ccncc1. The molecule has 0 bridgehead atoms. The summed E-state index contributed by atoms with van der Waals surface area (Å²) in [6.45, 7) is 4.62. The molecule has 0 spiro atoms. The van der Waals surface area contributed by atoms with Gasteiger partial charge in [0.2, 0.25) is 0 Å². The average Bonchev–Trinajstić information content (AvgIpc) is 3.03. The van der Waals surface area contributed by atoms with Gasteiger partial charge in [-0.15, -0.1) is 0 Å². The van der Waals surface area contributed by atoms with Crippen LogP contribution in [0.4, 0.5) is 0 Å². The molecular formula is C42H79N. The standard InChI is InChI=1S/C42H79N/c1-3-5-7-9-11-13-15-17-19-20-21-23-25-27-29-31-33-35-41(40-42-36-38-43-39-37-42)34-32-30-28-26-24-22-18-16-14-12-10-8-6-4-2/h36-39,41H,3-35,40H2,1-2H3. The molecule has 1 rings (SSSR count). The molecular weight excluding hydrogens is 518 g/mol. The molecule has 43 heavy (non-hydrogen) atoms. The molecule has 1 atom stereocenters. The summed E-state index contributed by atoms with van der Waals surface area (Å²) in [5, 5.41) is 0. The maximum atomic E-state index is 4.25. The second-order valence-electron chi connectivity index (χ2n) is 14.3. The zero-order chi connectivity index (χ0) is 30.7. The van der Waals surface area contributed by atoms with Crippen molar-refractivity contribution in [3.05, 3.63) is 30.1 Å². The van der Waals surface area contributed by atoms with Gasteiger partial charge in [-0.05, 0) is 30.0 Å². The number of hydrogen-bond acceptors (Lipinski definition) is 1. The Bertz CT molecular complexity index is 625. The van der Waals surface area contributed by atoms with Gasteiger partial charge in [-0.3, -0.25) is 4.98 Å². The molecule has 0 aromatic carbocycles. The first-order valence-electron chi connectivity index (χ1n) is 20.3. The number of aromatic nitrogens is 1. The summed E-state index contributed by atoms with van der Waals surface area (Å²) in [7, 11) is 0. The topological polar surface area (TPSA) is 12.9 Å². The normalized spacial score (nSPS) is 12.2. The van der Waals surface area contributed by atoms with Gasteiger partial charge in [0, 0.05) is 12.4 Å². The molecule has 1 aromatic rings. The van der Waals surface area contributed by atoms with E-state index >= 15 is 0 Å². The number of unbranched alkanes of at least 4 members (excludes halogenated alkanes) is 29. The molecule has 1 nitrogen and oxygen atoms in total. The average molecular weight is 598 g/mol. The second-order valence-corrected chi connectivity index (χ2v) is 14.3. The highest BCUT2D eigenvalue weighted by Crippen LogP contribution is 2.23. The number of rotatable bonds is 35. The van der Waals surface area contributed by atoms with Gasteiger partial charge in [0.25, 0.3) is 0 Å². The molecule has 1 aromatic heterocycles. The number of nitrogens with zero attached hydrogens (tertiary/aromatic N) is 1. The molecule has 1 heterocycles. The molecule has 0 radical (unpaired) electrons. The maximum Gasteiger partial charge on any atom is 0.0270 e. The predicted octanol–water partition coefficient (Wildman–Crippen LogP) is 15.2. The van der Waals surface area contributed by atoms with Crippen molar-refractivity contribution in [1.29, 1.82) is 0 Å². The molecule has 0 N–H and O–H groups in total. The van der Waals surface area contributed by atoms with Gasteiger partial charge < -0.3 is 0 Å². The van der Waals surface area contributed by atoms with Crippen molar-refractivity contribution in [3.8, 4) is 0 Å². The fraction of sp³-hybridized carbons (Fsp3) is 0.881. The van der Waals surface area contributed by atoms with Crippen LogP contribution in [0.2, 0.25) is 0 Å². The molecule has 1 unspecified atom stereocenters. The van der Waals surface area contributed by atoms with Gasteiger partial charge in [0.05, 0.1) is 0 Å². The van der Waals surface area contributed by atoms with Crippen molar-refractivity contribution < 1.29 is 0 Å². The minimum absolute atomic E-state index is 0.871. The molecule has 0 fully saturated rings. The largest absolute Gasteiger partial charge is 0.265 e. The van der Waals surface area contributed by atoms with Crippen LogP contribution in [0.5, 0.6) is 0 Å². The molecule has 0 amide bonds. The van der Waals surface area contributed by atoms with Gasteiger partial charge in [-0.1, -0.05) is 226 Å². The second kappa shape index (κ2) is 34.0. The Kier molecular flexibility index (Phi) is 31.8. The van der Waals surface area contributed by atoms with Crippen molar-refractivity contribution in [2.75, 3.05) is 0 Å². The Balaban J connectivity index is 1.98. The molecule has 0 aliphatic carbocycles. The fourth-order valence-corrected chi connectivity index (χ4v) is 6.99. The summed E-state index contributed by atoms with van der Waals surface area (Å²) >= 11 is 0. The Labute approximate surface area is 272 Å². The summed E-state index contributed by atoms with van der Waals surface area (Å²) in [4.78, 5) is 4.25. The van der Waals surface area contributed by atoms with Crippen LogP contribution in [-0.2, 0) is 6.42 Å². The lowest BCUT2D eigenvalue weighted by Gasteiger charge is -2.17. The van der Waals surface area contributed by atoms with E-state index in [-0.39, 0.29) is 0 Å². The highest BCUT2D eigenvalue weighted by molar-refractivity contribution is 5.10. The summed E-state index contributed by atoms with van der Waals surface area (Å²) in [6, 6.07) is 4.49. The predicted molar refractivity (Wildman–Crippen MR) is 195 cm³/mol. The van der Waals surface area contributed by atoms with Crippen molar-refractivity contribution in [1.82, 2.24) is 4.98 Å². The van der Waals surface area contributed by atoms with E-state index in [0.29, 0.717) is 0 Å². The Hall–Kier alpha value is -0.850. The molecule has 0 saturated carbocycles. The maximum absolute atomic E-state index is 4.25. The van der Waals surface area contributed by atoms with Gasteiger partial charge in [-0.25, -0.2) is 0 Å². The third-order valence-electron chi connectivity index (χ3n) is 9.96. The van der Waals surface area contributed by atoms with E-state index in [4.69, 9.17) is 0 Å². The van der Waals surface area contributed by atoms with Gasteiger partial charge in [0.15, 0.2) is 0 Å². The lowest BCUT2D eigenvalue weighted by molar-refractivity contribution is 0.399. The minimum Gasteiger partial charge on any atom is -0.265 e. The number of hydrogen-bond donors (Lipinski definition) is 0. The Morgan fingerprint density at radius 1 is 0.372 bits per heavy atom. The zero-order valence-corrected chi connectivity index (χ0v) is 29.9. The zero-order valence-electron chi connectivity index (χ0n) is 29.9. The molecule has 252 valence electrons. The summed E-state index contributed by atoms with van der Waals surface area (Å²) in [5.74, 6) is 0.871. The van der Waals surface area contributed by atoms with Gasteiger partial charge in [0.1, 0.15) is 0 Å². The van der Waals surface area contributed by atoms with E-state index in [2.05, 4.69) is 31.0 Å². The van der Waals surface area contributed by atoms with Crippen molar-refractivity contribution in [3.63, 3.8) is 0 Å². The van der Waals surface area contributed by atoms with E-state index in [1.165, 1.54) is 224 Å². The fourth-order valence-electron chi connectivity index (χ4n) is 6.99. The lowest BCUT2D eigenvalue weighted by atomic mass is 9.89. The van der Waals surface area contributed by atoms with Crippen LogP contribution >= 0.6 is 0 Å². The molecule has 0 saturated heterocycles.